The van der Waals surface area contributed by atoms with Gasteiger partial charge in [0.25, 0.3) is 5.91 Å². The summed E-state index contributed by atoms with van der Waals surface area (Å²) in [5, 5.41) is 0. The van der Waals surface area contributed by atoms with E-state index in [-0.39, 0.29) is 17.0 Å². The molecule has 1 aromatic carbocycles. The second kappa shape index (κ2) is 6.12. The van der Waals surface area contributed by atoms with Crippen molar-refractivity contribution in [3.63, 3.8) is 0 Å². The first-order valence-corrected chi connectivity index (χ1v) is 7.36. The molecule has 4 nitrogen and oxygen atoms in total. The zero-order valence-corrected chi connectivity index (χ0v) is 13.0. The smallest absolute Gasteiger partial charge is 0.256 e. The molecule has 0 aliphatic carbocycles. The van der Waals surface area contributed by atoms with E-state index in [4.69, 9.17) is 5.73 Å². The predicted molar refractivity (Wildman–Crippen MR) is 81.7 cm³/mol. The quantitative estimate of drug-likeness (QED) is 0.921. The number of nitrogens with zero attached hydrogens (tertiary/aromatic N) is 2. The van der Waals surface area contributed by atoms with Gasteiger partial charge in [-0.1, -0.05) is 11.6 Å². The van der Waals surface area contributed by atoms with Crippen LogP contribution >= 0.6 is 0 Å². The number of piperazine rings is 1. The highest BCUT2D eigenvalue weighted by molar-refractivity contribution is 5.94. The number of amides is 1. The number of carbonyl (C=O) groups excluding carboxylic acids is 1. The van der Waals surface area contributed by atoms with Crippen LogP contribution in [0.2, 0.25) is 0 Å². The molecular formula is C16H24FN3O. The van der Waals surface area contributed by atoms with Crippen molar-refractivity contribution in [1.29, 1.82) is 0 Å². The van der Waals surface area contributed by atoms with Crippen LogP contribution < -0.4 is 5.73 Å². The van der Waals surface area contributed by atoms with Gasteiger partial charge in [-0.15, -0.1) is 0 Å². The molecule has 0 radical (unpaired) electrons. The SMILES string of the molecule is Cc1ccc(F)c(C(=O)N2CCN(C(C)(C)CN)CC2)c1. The minimum atomic E-state index is -0.449. The first-order chi connectivity index (χ1) is 9.85. The van der Waals surface area contributed by atoms with E-state index < -0.39 is 5.82 Å². The molecule has 1 aliphatic rings. The van der Waals surface area contributed by atoms with Crippen LogP contribution in [0.4, 0.5) is 4.39 Å². The summed E-state index contributed by atoms with van der Waals surface area (Å²) in [6.07, 6.45) is 0. The maximum atomic E-state index is 13.8. The molecule has 1 saturated heterocycles. The Bertz CT molecular complexity index is 522. The van der Waals surface area contributed by atoms with E-state index in [0.29, 0.717) is 19.6 Å². The molecule has 2 N–H and O–H groups in total. The standard InChI is InChI=1S/C16H24FN3O/c1-12-4-5-14(17)13(10-12)15(21)19-6-8-20(9-7-19)16(2,3)11-18/h4-5,10H,6-9,11,18H2,1-3H3. The molecule has 0 atom stereocenters. The van der Waals surface area contributed by atoms with Crippen LogP contribution in [0.15, 0.2) is 18.2 Å². The number of rotatable bonds is 3. The van der Waals surface area contributed by atoms with Crippen molar-refractivity contribution in [3.05, 3.63) is 35.1 Å². The summed E-state index contributed by atoms with van der Waals surface area (Å²) < 4.78 is 13.8. The van der Waals surface area contributed by atoms with E-state index in [0.717, 1.165) is 18.7 Å². The fourth-order valence-corrected chi connectivity index (χ4v) is 2.62. The molecule has 1 amide bonds. The fraction of sp³-hybridized carbons (Fsp3) is 0.562. The molecular weight excluding hydrogens is 269 g/mol. The largest absolute Gasteiger partial charge is 0.336 e. The number of aryl methyl sites for hydroxylation is 1. The van der Waals surface area contributed by atoms with Crippen LogP contribution in [0.3, 0.4) is 0 Å². The fourth-order valence-electron chi connectivity index (χ4n) is 2.62. The van der Waals surface area contributed by atoms with E-state index in [1.54, 1.807) is 17.0 Å². The van der Waals surface area contributed by atoms with Gasteiger partial charge in [-0.05, 0) is 32.9 Å². The Morgan fingerprint density at radius 2 is 1.90 bits per heavy atom. The lowest BCUT2D eigenvalue weighted by Gasteiger charge is -2.43. The third kappa shape index (κ3) is 3.41. The van der Waals surface area contributed by atoms with E-state index in [1.807, 2.05) is 6.92 Å². The van der Waals surface area contributed by atoms with E-state index in [1.165, 1.54) is 6.07 Å². The summed E-state index contributed by atoms with van der Waals surface area (Å²) in [6.45, 7) is 9.39. The maximum Gasteiger partial charge on any atom is 0.256 e. The molecule has 5 heteroatoms. The van der Waals surface area contributed by atoms with Gasteiger partial charge in [0.15, 0.2) is 0 Å². The number of halogens is 1. The Kier molecular flexibility index (Phi) is 4.64. The zero-order chi connectivity index (χ0) is 15.6. The lowest BCUT2D eigenvalue weighted by molar-refractivity contribution is 0.0423. The van der Waals surface area contributed by atoms with Crippen molar-refractivity contribution in [2.24, 2.45) is 5.73 Å². The average Bonchev–Trinajstić information content (AvgIpc) is 2.49. The number of benzene rings is 1. The van der Waals surface area contributed by atoms with Gasteiger partial charge < -0.3 is 10.6 Å². The van der Waals surface area contributed by atoms with Crippen molar-refractivity contribution >= 4 is 5.91 Å². The number of hydrogen-bond acceptors (Lipinski definition) is 3. The van der Waals surface area contributed by atoms with Crippen molar-refractivity contribution < 1.29 is 9.18 Å². The Labute approximate surface area is 125 Å². The van der Waals surface area contributed by atoms with Gasteiger partial charge in [0.2, 0.25) is 0 Å². The van der Waals surface area contributed by atoms with Gasteiger partial charge in [-0.25, -0.2) is 4.39 Å². The minimum Gasteiger partial charge on any atom is -0.336 e. The summed E-state index contributed by atoms with van der Waals surface area (Å²) in [6, 6.07) is 4.65. The second-order valence-electron chi connectivity index (χ2n) is 6.28. The highest BCUT2D eigenvalue weighted by atomic mass is 19.1. The monoisotopic (exact) mass is 293 g/mol. The van der Waals surface area contributed by atoms with Gasteiger partial charge in [0, 0.05) is 38.3 Å². The van der Waals surface area contributed by atoms with Crippen molar-refractivity contribution in [3.8, 4) is 0 Å². The third-order valence-corrected chi connectivity index (χ3v) is 4.27. The number of carbonyl (C=O) groups is 1. The summed E-state index contributed by atoms with van der Waals surface area (Å²) >= 11 is 0. The van der Waals surface area contributed by atoms with E-state index in [9.17, 15) is 9.18 Å². The molecule has 0 bridgehead atoms. The topological polar surface area (TPSA) is 49.6 Å². The second-order valence-corrected chi connectivity index (χ2v) is 6.28. The predicted octanol–water partition coefficient (Wildman–Crippen LogP) is 1.63. The van der Waals surface area contributed by atoms with E-state index in [2.05, 4.69) is 18.7 Å². The van der Waals surface area contributed by atoms with E-state index >= 15 is 0 Å². The van der Waals surface area contributed by atoms with Crippen LogP contribution in [0.1, 0.15) is 29.8 Å². The van der Waals surface area contributed by atoms with Crippen molar-refractivity contribution in [1.82, 2.24) is 9.80 Å². The Hall–Kier alpha value is -1.46. The molecule has 0 aromatic heterocycles. The maximum absolute atomic E-state index is 13.8. The lowest BCUT2D eigenvalue weighted by atomic mass is 10.0. The molecule has 21 heavy (non-hydrogen) atoms. The van der Waals surface area contributed by atoms with Crippen LogP contribution in [0.25, 0.3) is 0 Å². The van der Waals surface area contributed by atoms with Crippen LogP contribution in [-0.4, -0.2) is 54.0 Å². The van der Waals surface area contributed by atoms with Gasteiger partial charge in [-0.3, -0.25) is 9.69 Å². The van der Waals surface area contributed by atoms with Crippen molar-refractivity contribution in [2.75, 3.05) is 32.7 Å². The summed E-state index contributed by atoms with van der Waals surface area (Å²) in [5.74, 6) is -0.670. The van der Waals surface area contributed by atoms with Crippen LogP contribution in [0.5, 0.6) is 0 Å². The highest BCUT2D eigenvalue weighted by Crippen LogP contribution is 2.18. The normalized spacial score (nSPS) is 17.1. The first-order valence-electron chi connectivity index (χ1n) is 7.36. The summed E-state index contributed by atoms with van der Waals surface area (Å²) in [5.41, 5.74) is 6.78. The number of hydrogen-bond donors (Lipinski definition) is 1. The Morgan fingerprint density at radius 3 is 2.48 bits per heavy atom. The molecule has 0 unspecified atom stereocenters. The number of nitrogens with two attached hydrogens (primary N) is 1. The molecule has 1 aromatic rings. The van der Waals surface area contributed by atoms with Crippen molar-refractivity contribution in [2.45, 2.75) is 26.3 Å². The Balaban J connectivity index is 2.05. The highest BCUT2D eigenvalue weighted by Gasteiger charge is 2.31. The molecule has 116 valence electrons. The Morgan fingerprint density at radius 1 is 1.29 bits per heavy atom. The summed E-state index contributed by atoms with van der Waals surface area (Å²) in [4.78, 5) is 16.4. The van der Waals surface area contributed by atoms with Gasteiger partial charge in [-0.2, -0.15) is 0 Å². The van der Waals surface area contributed by atoms with Gasteiger partial charge in [0.1, 0.15) is 5.82 Å². The molecule has 0 saturated carbocycles. The lowest BCUT2D eigenvalue weighted by Crippen LogP contribution is -2.58. The molecule has 1 heterocycles. The minimum absolute atomic E-state index is 0.0658. The van der Waals surface area contributed by atoms with Gasteiger partial charge >= 0.3 is 0 Å². The zero-order valence-electron chi connectivity index (χ0n) is 13.0. The molecule has 0 spiro atoms. The average molecular weight is 293 g/mol. The first kappa shape index (κ1) is 15.9. The summed E-state index contributed by atoms with van der Waals surface area (Å²) in [7, 11) is 0. The third-order valence-electron chi connectivity index (χ3n) is 4.27. The van der Waals surface area contributed by atoms with Crippen LogP contribution in [0, 0.1) is 12.7 Å². The molecule has 1 fully saturated rings. The molecule has 2 rings (SSSR count). The van der Waals surface area contributed by atoms with Crippen LogP contribution in [-0.2, 0) is 0 Å². The molecule has 1 aliphatic heterocycles. The van der Waals surface area contributed by atoms with Gasteiger partial charge in [0.05, 0.1) is 5.56 Å².